The van der Waals surface area contributed by atoms with Crippen LogP contribution < -0.4 is 10.5 Å². The third-order valence-electron chi connectivity index (χ3n) is 2.85. The van der Waals surface area contributed by atoms with Gasteiger partial charge in [0.2, 0.25) is 0 Å². The van der Waals surface area contributed by atoms with Crippen LogP contribution in [-0.4, -0.2) is 9.97 Å². The molecule has 0 atom stereocenters. The van der Waals surface area contributed by atoms with E-state index in [0.717, 1.165) is 17.9 Å². The smallest absolute Gasteiger partial charge is 0.322 e. The Hall–Kier alpha value is -1.94. The van der Waals surface area contributed by atoms with Crippen LogP contribution in [0.2, 0.25) is 0 Å². The average Bonchev–Trinajstić information content (AvgIpc) is 2.47. The van der Waals surface area contributed by atoms with E-state index in [0.29, 0.717) is 12.6 Å². The van der Waals surface area contributed by atoms with Crippen molar-refractivity contribution < 1.29 is 4.74 Å². The Labute approximate surface area is 113 Å². The van der Waals surface area contributed by atoms with Gasteiger partial charge in [0.15, 0.2) is 0 Å². The summed E-state index contributed by atoms with van der Waals surface area (Å²) >= 11 is 0. The van der Waals surface area contributed by atoms with E-state index < -0.39 is 0 Å². The molecule has 19 heavy (non-hydrogen) atoms. The van der Waals surface area contributed by atoms with Gasteiger partial charge in [-0.1, -0.05) is 25.5 Å². The van der Waals surface area contributed by atoms with Gasteiger partial charge in [0.25, 0.3) is 0 Å². The van der Waals surface area contributed by atoms with Gasteiger partial charge in [0.1, 0.15) is 5.75 Å². The predicted octanol–water partition coefficient (Wildman–Crippen LogP) is 3.07. The number of unbranched alkanes of at least 4 members (excludes halogenated alkanes) is 1. The van der Waals surface area contributed by atoms with Crippen LogP contribution in [-0.2, 0) is 13.0 Å². The van der Waals surface area contributed by atoms with Gasteiger partial charge in [-0.05, 0) is 36.6 Å². The SMILES string of the molecule is CCCCc1ccc(Oc2nccc(CN)n2)cc1. The fourth-order valence-corrected chi connectivity index (χ4v) is 1.75. The molecule has 0 saturated carbocycles. The molecule has 0 aliphatic rings. The van der Waals surface area contributed by atoms with Gasteiger partial charge in [0.05, 0.1) is 5.69 Å². The van der Waals surface area contributed by atoms with Crippen molar-refractivity contribution in [3.8, 4) is 11.8 Å². The Bertz CT molecular complexity index is 511. The van der Waals surface area contributed by atoms with Crippen LogP contribution in [0.15, 0.2) is 36.5 Å². The molecule has 0 unspecified atom stereocenters. The molecule has 2 rings (SSSR count). The molecule has 0 amide bonds. The zero-order valence-corrected chi connectivity index (χ0v) is 11.2. The van der Waals surface area contributed by atoms with E-state index in [1.54, 1.807) is 12.3 Å². The lowest BCUT2D eigenvalue weighted by Gasteiger charge is -2.06. The molecule has 100 valence electrons. The summed E-state index contributed by atoms with van der Waals surface area (Å²) in [5.41, 5.74) is 7.63. The van der Waals surface area contributed by atoms with E-state index in [2.05, 4.69) is 29.0 Å². The minimum Gasteiger partial charge on any atom is -0.424 e. The van der Waals surface area contributed by atoms with Crippen LogP contribution in [0, 0.1) is 0 Å². The summed E-state index contributed by atoms with van der Waals surface area (Å²) in [4.78, 5) is 8.27. The van der Waals surface area contributed by atoms with E-state index in [9.17, 15) is 0 Å². The van der Waals surface area contributed by atoms with Gasteiger partial charge in [-0.25, -0.2) is 4.98 Å². The molecule has 4 nitrogen and oxygen atoms in total. The molecule has 1 heterocycles. The average molecular weight is 257 g/mol. The van der Waals surface area contributed by atoms with Gasteiger partial charge >= 0.3 is 6.01 Å². The number of aromatic nitrogens is 2. The highest BCUT2D eigenvalue weighted by atomic mass is 16.5. The van der Waals surface area contributed by atoms with Crippen molar-refractivity contribution in [2.45, 2.75) is 32.7 Å². The lowest BCUT2D eigenvalue weighted by Crippen LogP contribution is -2.01. The fourth-order valence-electron chi connectivity index (χ4n) is 1.75. The third kappa shape index (κ3) is 4.03. The van der Waals surface area contributed by atoms with Crippen LogP contribution in [0.4, 0.5) is 0 Å². The van der Waals surface area contributed by atoms with E-state index in [4.69, 9.17) is 10.5 Å². The number of aryl methyl sites for hydroxylation is 1. The van der Waals surface area contributed by atoms with Crippen molar-refractivity contribution in [3.63, 3.8) is 0 Å². The number of ether oxygens (including phenoxy) is 1. The van der Waals surface area contributed by atoms with Crippen molar-refractivity contribution in [2.24, 2.45) is 5.73 Å². The molecule has 0 spiro atoms. The normalized spacial score (nSPS) is 10.4. The maximum atomic E-state index is 5.60. The summed E-state index contributed by atoms with van der Waals surface area (Å²) in [5, 5.41) is 0. The molecule has 0 saturated heterocycles. The van der Waals surface area contributed by atoms with Crippen molar-refractivity contribution in [1.82, 2.24) is 9.97 Å². The highest BCUT2D eigenvalue weighted by Crippen LogP contribution is 2.19. The summed E-state index contributed by atoms with van der Waals surface area (Å²) in [6.07, 6.45) is 5.18. The minimum absolute atomic E-state index is 0.337. The zero-order valence-electron chi connectivity index (χ0n) is 11.2. The second-order valence-corrected chi connectivity index (χ2v) is 4.38. The first-order chi connectivity index (χ1) is 9.31. The van der Waals surface area contributed by atoms with E-state index in [1.807, 2.05) is 12.1 Å². The first-order valence-electron chi connectivity index (χ1n) is 6.60. The van der Waals surface area contributed by atoms with Gasteiger partial charge in [-0.3, -0.25) is 0 Å². The highest BCUT2D eigenvalue weighted by molar-refractivity contribution is 5.29. The van der Waals surface area contributed by atoms with Crippen LogP contribution in [0.5, 0.6) is 11.8 Å². The molecule has 0 fully saturated rings. The second kappa shape index (κ2) is 6.85. The van der Waals surface area contributed by atoms with Crippen molar-refractivity contribution in [3.05, 3.63) is 47.8 Å². The quantitative estimate of drug-likeness (QED) is 0.864. The Morgan fingerprint density at radius 1 is 1.16 bits per heavy atom. The highest BCUT2D eigenvalue weighted by Gasteiger charge is 2.01. The maximum Gasteiger partial charge on any atom is 0.322 e. The van der Waals surface area contributed by atoms with Gasteiger partial charge in [0, 0.05) is 12.7 Å². The van der Waals surface area contributed by atoms with Crippen molar-refractivity contribution in [2.75, 3.05) is 0 Å². The summed E-state index contributed by atoms with van der Waals surface area (Å²) in [5.74, 6) is 0.745. The standard InChI is InChI=1S/C15H19N3O/c1-2-3-4-12-5-7-14(8-6-12)19-15-17-10-9-13(11-16)18-15/h5-10H,2-4,11,16H2,1H3. The molecule has 1 aromatic carbocycles. The van der Waals surface area contributed by atoms with Crippen molar-refractivity contribution >= 4 is 0 Å². The summed E-state index contributed by atoms with van der Waals surface area (Å²) < 4.78 is 5.60. The van der Waals surface area contributed by atoms with Gasteiger partial charge in [-0.15, -0.1) is 0 Å². The van der Waals surface area contributed by atoms with Gasteiger partial charge in [-0.2, -0.15) is 4.98 Å². The first kappa shape index (κ1) is 13.5. The molecule has 4 heteroatoms. The van der Waals surface area contributed by atoms with Gasteiger partial charge < -0.3 is 10.5 Å². The summed E-state index contributed by atoms with van der Waals surface area (Å²) in [7, 11) is 0. The summed E-state index contributed by atoms with van der Waals surface area (Å²) in [6.45, 7) is 2.58. The van der Waals surface area contributed by atoms with Crippen LogP contribution >= 0.6 is 0 Å². The first-order valence-corrected chi connectivity index (χ1v) is 6.60. The van der Waals surface area contributed by atoms with E-state index >= 15 is 0 Å². The number of nitrogens with two attached hydrogens (primary N) is 1. The zero-order chi connectivity index (χ0) is 13.5. The molecule has 0 aliphatic carbocycles. The lowest BCUT2D eigenvalue weighted by molar-refractivity contribution is 0.439. The molecule has 2 N–H and O–H groups in total. The number of rotatable bonds is 6. The van der Waals surface area contributed by atoms with E-state index in [-0.39, 0.29) is 0 Å². The molecular formula is C15H19N3O. The van der Waals surface area contributed by atoms with Crippen molar-refractivity contribution in [1.29, 1.82) is 0 Å². The number of benzene rings is 1. The minimum atomic E-state index is 0.337. The second-order valence-electron chi connectivity index (χ2n) is 4.38. The molecule has 0 bridgehead atoms. The Kier molecular flexibility index (Phi) is 4.86. The number of hydrogen-bond acceptors (Lipinski definition) is 4. The van der Waals surface area contributed by atoms with Crippen LogP contribution in [0.3, 0.4) is 0 Å². The predicted molar refractivity (Wildman–Crippen MR) is 75.1 cm³/mol. The summed E-state index contributed by atoms with van der Waals surface area (Å²) in [6, 6.07) is 10.2. The molecule has 0 radical (unpaired) electrons. The largest absolute Gasteiger partial charge is 0.424 e. The third-order valence-corrected chi connectivity index (χ3v) is 2.85. The Morgan fingerprint density at radius 3 is 2.63 bits per heavy atom. The lowest BCUT2D eigenvalue weighted by atomic mass is 10.1. The topological polar surface area (TPSA) is 61.0 Å². The van der Waals surface area contributed by atoms with Crippen LogP contribution in [0.1, 0.15) is 31.0 Å². The molecular weight excluding hydrogens is 238 g/mol. The number of nitrogens with zero attached hydrogens (tertiary/aromatic N) is 2. The Balaban J connectivity index is 2.02. The molecule has 1 aromatic heterocycles. The number of hydrogen-bond donors (Lipinski definition) is 1. The Morgan fingerprint density at radius 2 is 1.95 bits per heavy atom. The fraction of sp³-hybridized carbons (Fsp3) is 0.333. The monoisotopic (exact) mass is 257 g/mol. The van der Waals surface area contributed by atoms with E-state index in [1.165, 1.54) is 18.4 Å². The maximum absolute atomic E-state index is 5.60. The molecule has 2 aromatic rings. The van der Waals surface area contributed by atoms with Crippen LogP contribution in [0.25, 0.3) is 0 Å². The molecule has 0 aliphatic heterocycles.